The van der Waals surface area contributed by atoms with Crippen LogP contribution in [-0.4, -0.2) is 25.3 Å². The Kier molecular flexibility index (Phi) is 11.8. The highest BCUT2D eigenvalue weighted by molar-refractivity contribution is 5.83. The van der Waals surface area contributed by atoms with Crippen LogP contribution >= 0.6 is 0 Å². The molecular formula is C20H36O3. The smallest absolute Gasteiger partial charge is 0.331 e. The standard InChI is InChI=1S/C20H36O3/c1-7-8-15-23-19(21)16-18(3)12-9-11-17(2)13-10-14-20(4,5)22-6/h9,12,16-17H,7-8,10-11,13-15H2,1-6H3/b12-9+,18-16+. The maximum absolute atomic E-state index is 11.5. The summed E-state index contributed by atoms with van der Waals surface area (Å²) in [4.78, 5) is 11.5. The average Bonchev–Trinajstić information content (AvgIpc) is 2.47. The SMILES string of the molecule is CCCCOC(=O)/C=C(C)/C=C/CC(C)CCCC(C)(C)OC. The molecule has 0 saturated carbocycles. The van der Waals surface area contributed by atoms with Crippen molar-refractivity contribution in [3.05, 3.63) is 23.8 Å². The molecule has 0 aromatic carbocycles. The topological polar surface area (TPSA) is 35.5 Å². The van der Waals surface area contributed by atoms with Gasteiger partial charge in [-0.05, 0) is 51.5 Å². The highest BCUT2D eigenvalue weighted by Gasteiger charge is 2.15. The Hall–Kier alpha value is -1.09. The lowest BCUT2D eigenvalue weighted by Crippen LogP contribution is -2.22. The number of esters is 1. The molecule has 0 spiro atoms. The van der Waals surface area contributed by atoms with Crippen LogP contribution in [0.4, 0.5) is 0 Å². The van der Waals surface area contributed by atoms with Crippen molar-refractivity contribution >= 4 is 5.97 Å². The summed E-state index contributed by atoms with van der Waals surface area (Å²) in [6, 6.07) is 0. The number of ether oxygens (including phenoxy) is 2. The van der Waals surface area contributed by atoms with E-state index in [-0.39, 0.29) is 11.6 Å². The quantitative estimate of drug-likeness (QED) is 0.207. The largest absolute Gasteiger partial charge is 0.463 e. The fourth-order valence-electron chi connectivity index (χ4n) is 2.18. The van der Waals surface area contributed by atoms with E-state index in [1.807, 2.05) is 13.0 Å². The van der Waals surface area contributed by atoms with Crippen molar-refractivity contribution in [1.82, 2.24) is 0 Å². The second kappa shape index (κ2) is 12.3. The van der Waals surface area contributed by atoms with Gasteiger partial charge >= 0.3 is 5.97 Å². The van der Waals surface area contributed by atoms with Gasteiger partial charge in [0.05, 0.1) is 12.2 Å². The van der Waals surface area contributed by atoms with E-state index in [2.05, 4.69) is 33.8 Å². The molecule has 1 unspecified atom stereocenters. The van der Waals surface area contributed by atoms with Gasteiger partial charge in [0.15, 0.2) is 0 Å². The van der Waals surface area contributed by atoms with Gasteiger partial charge in [-0.2, -0.15) is 0 Å². The lowest BCUT2D eigenvalue weighted by atomic mass is 9.95. The van der Waals surface area contributed by atoms with Crippen LogP contribution < -0.4 is 0 Å². The van der Waals surface area contributed by atoms with Crippen molar-refractivity contribution in [2.45, 2.75) is 78.7 Å². The summed E-state index contributed by atoms with van der Waals surface area (Å²) in [6.07, 6.45) is 12.2. The normalized spacial score (nSPS) is 14.3. The summed E-state index contributed by atoms with van der Waals surface area (Å²) in [5.41, 5.74) is 0.923. The van der Waals surface area contributed by atoms with Crippen LogP contribution in [0.15, 0.2) is 23.8 Å². The summed E-state index contributed by atoms with van der Waals surface area (Å²) in [5.74, 6) is 0.402. The molecular weight excluding hydrogens is 288 g/mol. The van der Waals surface area contributed by atoms with E-state index < -0.39 is 0 Å². The van der Waals surface area contributed by atoms with Crippen LogP contribution in [0.1, 0.15) is 73.1 Å². The summed E-state index contributed by atoms with van der Waals surface area (Å²) in [5, 5.41) is 0. The van der Waals surface area contributed by atoms with Gasteiger partial charge in [-0.25, -0.2) is 4.79 Å². The molecule has 1 atom stereocenters. The fourth-order valence-corrected chi connectivity index (χ4v) is 2.18. The molecule has 0 amide bonds. The zero-order valence-corrected chi connectivity index (χ0v) is 16.0. The summed E-state index contributed by atoms with van der Waals surface area (Å²) in [7, 11) is 1.77. The minimum absolute atomic E-state index is 0.0208. The molecule has 0 rings (SSSR count). The minimum Gasteiger partial charge on any atom is -0.463 e. The molecule has 3 nitrogen and oxygen atoms in total. The molecule has 134 valence electrons. The van der Waals surface area contributed by atoms with Crippen molar-refractivity contribution < 1.29 is 14.3 Å². The first-order valence-corrected chi connectivity index (χ1v) is 8.87. The first-order chi connectivity index (χ1) is 10.8. The number of unbranched alkanes of at least 4 members (excludes halogenated alkanes) is 1. The Morgan fingerprint density at radius 3 is 2.57 bits per heavy atom. The van der Waals surface area contributed by atoms with Crippen molar-refractivity contribution in [1.29, 1.82) is 0 Å². The average molecular weight is 325 g/mol. The molecule has 0 fully saturated rings. The van der Waals surface area contributed by atoms with E-state index in [0.717, 1.165) is 31.3 Å². The van der Waals surface area contributed by atoms with E-state index >= 15 is 0 Å². The van der Waals surface area contributed by atoms with Gasteiger partial charge in [-0.15, -0.1) is 0 Å². The van der Waals surface area contributed by atoms with Gasteiger partial charge in [0.1, 0.15) is 0 Å². The van der Waals surface area contributed by atoms with E-state index in [1.54, 1.807) is 13.2 Å². The van der Waals surface area contributed by atoms with Crippen LogP contribution in [0.5, 0.6) is 0 Å². The number of allylic oxidation sites excluding steroid dienone is 3. The second-order valence-corrected chi connectivity index (χ2v) is 7.01. The molecule has 0 aliphatic carbocycles. The van der Waals surface area contributed by atoms with Gasteiger partial charge in [-0.1, -0.05) is 45.3 Å². The second-order valence-electron chi connectivity index (χ2n) is 7.01. The van der Waals surface area contributed by atoms with Gasteiger partial charge < -0.3 is 9.47 Å². The molecule has 0 aromatic heterocycles. The number of hydrogen-bond acceptors (Lipinski definition) is 3. The third-order valence-electron chi connectivity index (χ3n) is 4.04. The van der Waals surface area contributed by atoms with Crippen LogP contribution in [0.25, 0.3) is 0 Å². The third-order valence-corrected chi connectivity index (χ3v) is 4.04. The van der Waals surface area contributed by atoms with E-state index in [0.29, 0.717) is 12.5 Å². The molecule has 0 aliphatic rings. The van der Waals surface area contributed by atoms with Gasteiger partial charge in [-0.3, -0.25) is 0 Å². The summed E-state index contributed by atoms with van der Waals surface area (Å²) >= 11 is 0. The lowest BCUT2D eigenvalue weighted by Gasteiger charge is -2.23. The third kappa shape index (κ3) is 13.1. The van der Waals surface area contributed by atoms with Gasteiger partial charge in [0.25, 0.3) is 0 Å². The van der Waals surface area contributed by atoms with Crippen LogP contribution in [-0.2, 0) is 14.3 Å². The zero-order valence-electron chi connectivity index (χ0n) is 16.0. The zero-order chi connectivity index (χ0) is 17.7. The van der Waals surface area contributed by atoms with Gasteiger partial charge in [0, 0.05) is 13.2 Å². The van der Waals surface area contributed by atoms with Crippen LogP contribution in [0, 0.1) is 5.92 Å². The molecule has 0 heterocycles. The highest BCUT2D eigenvalue weighted by Crippen LogP contribution is 2.20. The van der Waals surface area contributed by atoms with E-state index in [9.17, 15) is 4.79 Å². The first-order valence-electron chi connectivity index (χ1n) is 8.87. The molecule has 0 bridgehead atoms. The minimum atomic E-state index is -0.240. The Morgan fingerprint density at radius 1 is 1.26 bits per heavy atom. The van der Waals surface area contributed by atoms with Crippen molar-refractivity contribution in [2.24, 2.45) is 5.92 Å². The Labute approximate surface area is 143 Å². The molecule has 0 aliphatic heterocycles. The molecule has 23 heavy (non-hydrogen) atoms. The highest BCUT2D eigenvalue weighted by atomic mass is 16.5. The maximum atomic E-state index is 11.5. The Bertz CT molecular complexity index is 380. The lowest BCUT2D eigenvalue weighted by molar-refractivity contribution is -0.137. The van der Waals surface area contributed by atoms with E-state index in [4.69, 9.17) is 9.47 Å². The Balaban J connectivity index is 3.99. The molecule has 3 heteroatoms. The molecule has 0 saturated heterocycles. The number of hydrogen-bond donors (Lipinski definition) is 0. The maximum Gasteiger partial charge on any atom is 0.331 e. The predicted octanol–water partition coefficient (Wildman–Crippen LogP) is 5.45. The fraction of sp³-hybridized carbons (Fsp3) is 0.750. The first kappa shape index (κ1) is 21.9. The summed E-state index contributed by atoms with van der Waals surface area (Å²) in [6.45, 7) is 11.1. The number of carbonyl (C=O) groups excluding carboxylic acids is 1. The number of methoxy groups -OCH3 is 1. The molecule has 0 radical (unpaired) electrons. The molecule has 0 N–H and O–H groups in total. The van der Waals surface area contributed by atoms with Gasteiger partial charge in [0.2, 0.25) is 0 Å². The van der Waals surface area contributed by atoms with E-state index in [1.165, 1.54) is 12.8 Å². The Morgan fingerprint density at radius 2 is 1.96 bits per heavy atom. The molecule has 0 aromatic rings. The van der Waals surface area contributed by atoms with Crippen molar-refractivity contribution in [3.8, 4) is 0 Å². The number of carbonyl (C=O) groups is 1. The van der Waals surface area contributed by atoms with Crippen molar-refractivity contribution in [2.75, 3.05) is 13.7 Å². The van der Waals surface area contributed by atoms with Crippen LogP contribution in [0.3, 0.4) is 0 Å². The monoisotopic (exact) mass is 324 g/mol. The predicted molar refractivity (Wildman–Crippen MR) is 97.5 cm³/mol. The van der Waals surface area contributed by atoms with Crippen molar-refractivity contribution in [3.63, 3.8) is 0 Å². The van der Waals surface area contributed by atoms with Crippen LogP contribution in [0.2, 0.25) is 0 Å². The number of rotatable bonds is 12. The summed E-state index contributed by atoms with van der Waals surface area (Å²) < 4.78 is 10.6.